The van der Waals surface area contributed by atoms with Crippen LogP contribution in [0.15, 0.2) is 77.7 Å². The lowest BCUT2D eigenvalue weighted by molar-refractivity contribution is -0.140. The molecule has 0 aliphatic carbocycles. The summed E-state index contributed by atoms with van der Waals surface area (Å²) >= 11 is 20.3. The minimum absolute atomic E-state index is 0.133. The Morgan fingerprint density at radius 1 is 0.912 bits per heavy atom. The van der Waals surface area contributed by atoms with Crippen LogP contribution in [0.2, 0.25) is 15.1 Å². The van der Waals surface area contributed by atoms with Crippen molar-refractivity contribution in [3.8, 4) is 0 Å². The summed E-state index contributed by atoms with van der Waals surface area (Å²) in [6.07, 6.45) is 0.621. The normalized spacial score (nSPS) is 11.6. The summed E-state index contributed by atoms with van der Waals surface area (Å²) in [7, 11) is 1.57. The van der Waals surface area contributed by atoms with Crippen LogP contribution in [0.5, 0.6) is 0 Å². The smallest absolute Gasteiger partial charge is 0.242 e. The van der Waals surface area contributed by atoms with E-state index in [-0.39, 0.29) is 24.8 Å². The van der Waals surface area contributed by atoms with Gasteiger partial charge in [0.15, 0.2) is 0 Å². The standard InChI is InChI=1S/C26H25Cl3N2O2S/c1-30-26(33)24(16-18-6-3-2-4-7-18)31(17-21-22(28)8-5-9-23(21)29)25(32)14-15-34-20-12-10-19(27)11-13-20/h2-13,24H,14-17H2,1H3,(H,30,33)/t24-/m1/s1. The molecule has 1 N–H and O–H groups in total. The molecule has 0 radical (unpaired) electrons. The number of hydrogen-bond acceptors (Lipinski definition) is 3. The average Bonchev–Trinajstić information content (AvgIpc) is 2.84. The fourth-order valence-corrected chi connectivity index (χ4v) is 4.99. The molecule has 2 amide bonds. The average molecular weight is 536 g/mol. The molecule has 3 aromatic carbocycles. The Kier molecular flexibility index (Phi) is 10.1. The number of hydrogen-bond donors (Lipinski definition) is 1. The summed E-state index contributed by atoms with van der Waals surface area (Å²) in [5.41, 5.74) is 1.57. The number of nitrogens with one attached hydrogen (secondary N) is 1. The highest BCUT2D eigenvalue weighted by molar-refractivity contribution is 7.99. The van der Waals surface area contributed by atoms with Crippen molar-refractivity contribution in [2.24, 2.45) is 0 Å². The lowest BCUT2D eigenvalue weighted by atomic mass is 10.0. The first-order valence-corrected chi connectivity index (χ1v) is 12.9. The van der Waals surface area contributed by atoms with Gasteiger partial charge in [0, 0.05) is 57.7 Å². The van der Waals surface area contributed by atoms with Crippen LogP contribution < -0.4 is 5.32 Å². The van der Waals surface area contributed by atoms with Crippen molar-refractivity contribution in [3.63, 3.8) is 0 Å². The monoisotopic (exact) mass is 534 g/mol. The largest absolute Gasteiger partial charge is 0.357 e. The van der Waals surface area contributed by atoms with E-state index < -0.39 is 6.04 Å². The number of rotatable bonds is 10. The van der Waals surface area contributed by atoms with E-state index in [4.69, 9.17) is 34.8 Å². The fourth-order valence-electron chi connectivity index (χ4n) is 3.50. The molecular weight excluding hydrogens is 511 g/mol. The predicted octanol–water partition coefficient (Wildman–Crippen LogP) is 6.52. The van der Waals surface area contributed by atoms with E-state index in [0.717, 1.165) is 10.5 Å². The highest BCUT2D eigenvalue weighted by Crippen LogP contribution is 2.28. The fraction of sp³-hybridized carbons (Fsp3) is 0.231. The maximum absolute atomic E-state index is 13.5. The van der Waals surface area contributed by atoms with E-state index in [1.165, 1.54) is 0 Å². The molecular formula is C26H25Cl3N2O2S. The van der Waals surface area contributed by atoms with Crippen molar-refractivity contribution in [2.75, 3.05) is 12.8 Å². The van der Waals surface area contributed by atoms with Crippen molar-refractivity contribution in [1.29, 1.82) is 0 Å². The number of carbonyl (C=O) groups excluding carboxylic acids is 2. The lowest BCUT2D eigenvalue weighted by Gasteiger charge is -2.31. The summed E-state index contributed by atoms with van der Waals surface area (Å²) < 4.78 is 0. The van der Waals surface area contributed by atoms with Gasteiger partial charge in [-0.25, -0.2) is 0 Å². The first kappa shape index (κ1) is 26.4. The van der Waals surface area contributed by atoms with Crippen LogP contribution in [-0.2, 0) is 22.6 Å². The van der Waals surface area contributed by atoms with Gasteiger partial charge in [0.05, 0.1) is 0 Å². The number of halogens is 3. The molecule has 0 fully saturated rings. The first-order chi connectivity index (χ1) is 16.4. The third-order valence-electron chi connectivity index (χ3n) is 5.31. The number of amides is 2. The Bertz CT molecular complexity index is 1090. The van der Waals surface area contributed by atoms with Crippen LogP contribution in [-0.4, -0.2) is 35.6 Å². The van der Waals surface area contributed by atoms with E-state index in [1.807, 2.05) is 54.6 Å². The predicted molar refractivity (Wildman–Crippen MR) is 142 cm³/mol. The topological polar surface area (TPSA) is 49.4 Å². The minimum atomic E-state index is -0.715. The Hall–Kier alpha value is -2.18. The molecule has 0 aromatic heterocycles. The molecule has 0 heterocycles. The number of carbonyl (C=O) groups is 2. The third kappa shape index (κ3) is 7.41. The molecule has 178 valence electrons. The van der Waals surface area contributed by atoms with Crippen molar-refractivity contribution in [3.05, 3.63) is 99.0 Å². The molecule has 0 bridgehead atoms. The molecule has 3 rings (SSSR count). The van der Waals surface area contributed by atoms with Crippen LogP contribution >= 0.6 is 46.6 Å². The zero-order valence-electron chi connectivity index (χ0n) is 18.6. The third-order valence-corrected chi connectivity index (χ3v) is 7.28. The van der Waals surface area contributed by atoms with Crippen molar-refractivity contribution >= 4 is 58.4 Å². The van der Waals surface area contributed by atoms with E-state index in [0.29, 0.717) is 32.8 Å². The van der Waals surface area contributed by atoms with E-state index in [2.05, 4.69) is 5.32 Å². The minimum Gasteiger partial charge on any atom is -0.357 e. The van der Waals surface area contributed by atoms with Crippen LogP contribution in [0, 0.1) is 0 Å². The molecule has 0 unspecified atom stereocenters. The second-order valence-corrected chi connectivity index (χ2v) is 10.0. The maximum Gasteiger partial charge on any atom is 0.242 e. The summed E-state index contributed by atoms with van der Waals surface area (Å²) in [5.74, 6) is 0.159. The van der Waals surface area contributed by atoms with Gasteiger partial charge in [0.25, 0.3) is 0 Å². The molecule has 0 aliphatic rings. The summed E-state index contributed by atoms with van der Waals surface area (Å²) in [6.45, 7) is 0.133. The van der Waals surface area contributed by atoms with Crippen LogP contribution in [0.3, 0.4) is 0 Å². The van der Waals surface area contributed by atoms with Gasteiger partial charge in [0.2, 0.25) is 11.8 Å². The molecule has 0 aliphatic heterocycles. The van der Waals surface area contributed by atoms with Gasteiger partial charge in [-0.2, -0.15) is 0 Å². The maximum atomic E-state index is 13.5. The Labute approximate surface area is 219 Å². The zero-order valence-corrected chi connectivity index (χ0v) is 21.7. The Morgan fingerprint density at radius 3 is 2.18 bits per heavy atom. The molecule has 8 heteroatoms. The van der Waals surface area contributed by atoms with Gasteiger partial charge in [-0.1, -0.05) is 71.2 Å². The second-order valence-electron chi connectivity index (χ2n) is 7.59. The molecule has 0 saturated carbocycles. The van der Waals surface area contributed by atoms with Crippen LogP contribution in [0.25, 0.3) is 0 Å². The molecule has 34 heavy (non-hydrogen) atoms. The summed E-state index contributed by atoms with van der Waals surface area (Å²) in [6, 6.07) is 21.6. The SMILES string of the molecule is CNC(=O)[C@@H](Cc1ccccc1)N(Cc1c(Cl)cccc1Cl)C(=O)CCSc1ccc(Cl)cc1. The first-order valence-electron chi connectivity index (χ1n) is 10.7. The van der Waals surface area contributed by atoms with Crippen LogP contribution in [0.1, 0.15) is 17.5 Å². The number of thioether (sulfide) groups is 1. The van der Waals surface area contributed by atoms with Gasteiger partial charge in [-0.15, -0.1) is 11.8 Å². The quantitative estimate of drug-likeness (QED) is 0.301. The van der Waals surface area contributed by atoms with Gasteiger partial charge in [-0.3, -0.25) is 9.59 Å². The zero-order chi connectivity index (χ0) is 24.5. The van der Waals surface area contributed by atoms with Crippen molar-refractivity contribution < 1.29 is 9.59 Å². The van der Waals surface area contributed by atoms with E-state index >= 15 is 0 Å². The van der Waals surface area contributed by atoms with E-state index in [9.17, 15) is 9.59 Å². The number of likely N-dealkylation sites (N-methyl/N-ethyl adjacent to an activating group) is 1. The summed E-state index contributed by atoms with van der Waals surface area (Å²) in [5, 5.41) is 4.28. The lowest BCUT2D eigenvalue weighted by Crippen LogP contribution is -2.49. The van der Waals surface area contributed by atoms with Crippen LogP contribution in [0.4, 0.5) is 0 Å². The van der Waals surface area contributed by atoms with Gasteiger partial charge < -0.3 is 10.2 Å². The Balaban J connectivity index is 1.85. The highest BCUT2D eigenvalue weighted by atomic mass is 35.5. The molecule has 1 atom stereocenters. The van der Waals surface area contributed by atoms with Gasteiger partial charge in [-0.05, 0) is 42.0 Å². The number of nitrogens with zero attached hydrogens (tertiary/aromatic N) is 1. The van der Waals surface area contributed by atoms with Gasteiger partial charge >= 0.3 is 0 Å². The van der Waals surface area contributed by atoms with Crippen molar-refractivity contribution in [2.45, 2.75) is 30.3 Å². The molecule has 0 spiro atoms. The Morgan fingerprint density at radius 2 is 1.56 bits per heavy atom. The molecule has 0 saturated heterocycles. The van der Waals surface area contributed by atoms with Gasteiger partial charge in [0.1, 0.15) is 6.04 Å². The highest BCUT2D eigenvalue weighted by Gasteiger charge is 2.30. The number of benzene rings is 3. The van der Waals surface area contributed by atoms with Crippen molar-refractivity contribution in [1.82, 2.24) is 10.2 Å². The second kappa shape index (κ2) is 13.1. The van der Waals surface area contributed by atoms with E-state index in [1.54, 1.807) is 41.9 Å². The summed E-state index contributed by atoms with van der Waals surface area (Å²) in [4.78, 5) is 29.1. The molecule has 4 nitrogen and oxygen atoms in total. The molecule has 3 aromatic rings.